The number of amides is 1. The molecule has 0 unspecified atom stereocenters. The quantitative estimate of drug-likeness (QED) is 0.850. The summed E-state index contributed by atoms with van der Waals surface area (Å²) in [6.45, 7) is 9.30. The lowest BCUT2D eigenvalue weighted by atomic mass is 9.89. The number of ether oxygens (including phenoxy) is 1. The highest BCUT2D eigenvalue weighted by molar-refractivity contribution is 7.13. The molecule has 5 nitrogen and oxygen atoms in total. The van der Waals surface area contributed by atoms with E-state index in [1.54, 1.807) is 13.8 Å². The SMILES string of the molecule is CC(C)(C)c1sc(OC(N)=O)nc1C(C)(C)O. The van der Waals surface area contributed by atoms with Crippen molar-refractivity contribution < 1.29 is 14.6 Å². The molecule has 1 heterocycles. The molecule has 0 aliphatic rings. The van der Waals surface area contributed by atoms with Crippen molar-refractivity contribution in [2.45, 2.75) is 45.6 Å². The smallest absolute Gasteiger partial charge is 0.384 e. The number of hydrogen-bond acceptors (Lipinski definition) is 5. The van der Waals surface area contributed by atoms with Crippen molar-refractivity contribution in [3.8, 4) is 5.19 Å². The summed E-state index contributed by atoms with van der Waals surface area (Å²) < 4.78 is 4.76. The van der Waals surface area contributed by atoms with E-state index in [0.29, 0.717) is 5.69 Å². The third-order valence-corrected chi connectivity index (χ3v) is 3.42. The van der Waals surface area contributed by atoms with Crippen molar-refractivity contribution >= 4 is 17.4 Å². The average Bonchev–Trinajstić information content (AvgIpc) is 2.44. The molecule has 17 heavy (non-hydrogen) atoms. The molecule has 0 bridgehead atoms. The van der Waals surface area contributed by atoms with Gasteiger partial charge in [0.05, 0.1) is 5.69 Å². The molecule has 1 aromatic heterocycles. The van der Waals surface area contributed by atoms with Crippen molar-refractivity contribution in [2.24, 2.45) is 5.73 Å². The first-order valence-corrected chi connectivity index (χ1v) is 6.05. The van der Waals surface area contributed by atoms with Crippen LogP contribution in [0, 0.1) is 0 Å². The molecule has 0 radical (unpaired) electrons. The lowest BCUT2D eigenvalue weighted by Gasteiger charge is -2.23. The van der Waals surface area contributed by atoms with Crippen LogP contribution >= 0.6 is 11.3 Å². The maximum absolute atomic E-state index is 10.7. The summed E-state index contributed by atoms with van der Waals surface area (Å²) in [5, 5.41) is 10.2. The Morgan fingerprint density at radius 3 is 2.18 bits per heavy atom. The number of aliphatic hydroxyl groups is 1. The first-order valence-electron chi connectivity index (χ1n) is 5.23. The summed E-state index contributed by atoms with van der Waals surface area (Å²) in [6, 6.07) is 0. The van der Waals surface area contributed by atoms with Gasteiger partial charge in [-0.15, -0.1) is 0 Å². The minimum absolute atomic E-state index is 0.166. The zero-order valence-electron chi connectivity index (χ0n) is 10.7. The van der Waals surface area contributed by atoms with Gasteiger partial charge in [-0.05, 0) is 19.3 Å². The Labute approximate surface area is 105 Å². The number of thiazole rings is 1. The van der Waals surface area contributed by atoms with Gasteiger partial charge in [0, 0.05) is 4.88 Å². The van der Waals surface area contributed by atoms with Crippen LogP contribution in [0.1, 0.15) is 45.2 Å². The van der Waals surface area contributed by atoms with Crippen molar-refractivity contribution in [1.29, 1.82) is 0 Å². The Kier molecular flexibility index (Phi) is 3.50. The fourth-order valence-electron chi connectivity index (χ4n) is 1.35. The highest BCUT2D eigenvalue weighted by Crippen LogP contribution is 2.39. The van der Waals surface area contributed by atoms with E-state index in [1.807, 2.05) is 20.8 Å². The number of aromatic nitrogens is 1. The molecular weight excluding hydrogens is 240 g/mol. The van der Waals surface area contributed by atoms with Crippen LogP contribution in [-0.4, -0.2) is 16.2 Å². The minimum atomic E-state index is -1.08. The van der Waals surface area contributed by atoms with Crippen molar-refractivity contribution in [1.82, 2.24) is 4.98 Å². The van der Waals surface area contributed by atoms with E-state index >= 15 is 0 Å². The Morgan fingerprint density at radius 2 is 1.88 bits per heavy atom. The molecule has 96 valence electrons. The normalized spacial score (nSPS) is 12.6. The topological polar surface area (TPSA) is 85.4 Å². The first kappa shape index (κ1) is 13.9. The van der Waals surface area contributed by atoms with Gasteiger partial charge in [0.1, 0.15) is 5.60 Å². The molecule has 0 saturated carbocycles. The van der Waals surface area contributed by atoms with Gasteiger partial charge in [0.2, 0.25) is 0 Å². The minimum Gasteiger partial charge on any atom is -0.384 e. The van der Waals surface area contributed by atoms with Gasteiger partial charge in [0.15, 0.2) is 0 Å². The van der Waals surface area contributed by atoms with Crippen LogP contribution in [0.15, 0.2) is 0 Å². The molecule has 1 rings (SSSR count). The second-order valence-electron chi connectivity index (χ2n) is 5.39. The van der Waals surface area contributed by atoms with Crippen LogP contribution in [0.4, 0.5) is 4.79 Å². The van der Waals surface area contributed by atoms with E-state index in [0.717, 1.165) is 4.88 Å². The molecule has 3 N–H and O–H groups in total. The van der Waals surface area contributed by atoms with Crippen LogP contribution in [0.5, 0.6) is 5.19 Å². The fraction of sp³-hybridized carbons (Fsp3) is 0.636. The monoisotopic (exact) mass is 258 g/mol. The highest BCUT2D eigenvalue weighted by atomic mass is 32.1. The van der Waals surface area contributed by atoms with Crippen molar-refractivity contribution in [2.75, 3.05) is 0 Å². The Morgan fingerprint density at radius 1 is 1.35 bits per heavy atom. The Bertz CT molecular complexity index is 395. The summed E-state index contributed by atoms with van der Waals surface area (Å²) in [7, 11) is 0. The number of rotatable bonds is 2. The zero-order chi connectivity index (χ0) is 13.4. The third-order valence-electron chi connectivity index (χ3n) is 2.06. The number of carbonyl (C=O) groups excluding carboxylic acids is 1. The van der Waals surface area contributed by atoms with E-state index in [1.165, 1.54) is 11.3 Å². The van der Waals surface area contributed by atoms with E-state index in [-0.39, 0.29) is 10.6 Å². The summed E-state index contributed by atoms with van der Waals surface area (Å²) in [4.78, 5) is 15.7. The van der Waals surface area contributed by atoms with Crippen molar-refractivity contribution in [3.05, 3.63) is 10.6 Å². The first-order chi connectivity index (χ1) is 7.51. The van der Waals surface area contributed by atoms with E-state index in [2.05, 4.69) is 4.98 Å². The van der Waals surface area contributed by atoms with Crippen LogP contribution in [0.2, 0.25) is 0 Å². The average molecular weight is 258 g/mol. The fourth-order valence-corrected chi connectivity index (χ4v) is 2.49. The molecule has 0 aromatic carbocycles. The molecular formula is C11H18N2O3S. The Hall–Kier alpha value is -1.14. The van der Waals surface area contributed by atoms with E-state index < -0.39 is 11.7 Å². The molecule has 1 amide bonds. The van der Waals surface area contributed by atoms with E-state index in [9.17, 15) is 9.90 Å². The van der Waals surface area contributed by atoms with Gasteiger partial charge in [0.25, 0.3) is 5.19 Å². The zero-order valence-corrected chi connectivity index (χ0v) is 11.5. The van der Waals surface area contributed by atoms with Crippen LogP contribution in [0.25, 0.3) is 0 Å². The summed E-state index contributed by atoms with van der Waals surface area (Å²) in [5.74, 6) is 0. The maximum atomic E-state index is 10.7. The second-order valence-corrected chi connectivity index (χ2v) is 6.35. The van der Waals surface area contributed by atoms with Crippen molar-refractivity contribution in [3.63, 3.8) is 0 Å². The number of carbonyl (C=O) groups is 1. The van der Waals surface area contributed by atoms with Gasteiger partial charge >= 0.3 is 6.09 Å². The molecule has 0 saturated heterocycles. The molecule has 0 aliphatic heterocycles. The lowest BCUT2D eigenvalue weighted by Crippen LogP contribution is -2.23. The molecule has 0 fully saturated rings. The molecule has 6 heteroatoms. The number of hydrogen-bond donors (Lipinski definition) is 2. The maximum Gasteiger partial charge on any atom is 0.411 e. The standard InChI is InChI=1S/C11H18N2O3S/c1-10(2,3)7-6(11(4,5)15)13-9(17-7)16-8(12)14/h15H,1-5H3,(H2,12,14). The second kappa shape index (κ2) is 4.27. The van der Waals surface area contributed by atoms with Gasteiger partial charge in [-0.1, -0.05) is 32.1 Å². The molecule has 0 spiro atoms. The van der Waals surface area contributed by atoms with Gasteiger partial charge < -0.3 is 15.6 Å². The molecule has 1 aromatic rings. The Balaban J connectivity index is 3.27. The predicted molar refractivity (Wildman–Crippen MR) is 66.3 cm³/mol. The van der Waals surface area contributed by atoms with E-state index in [4.69, 9.17) is 10.5 Å². The highest BCUT2D eigenvalue weighted by Gasteiger charge is 2.31. The lowest BCUT2D eigenvalue weighted by molar-refractivity contribution is 0.0721. The summed E-state index contributed by atoms with van der Waals surface area (Å²) in [6.07, 6.45) is -0.901. The number of nitrogens with two attached hydrogens (primary N) is 1. The van der Waals surface area contributed by atoms with Gasteiger partial charge in [-0.2, -0.15) is 0 Å². The van der Waals surface area contributed by atoms with Gasteiger partial charge in [-0.3, -0.25) is 0 Å². The number of primary amides is 1. The number of nitrogens with zero attached hydrogens (tertiary/aromatic N) is 1. The largest absolute Gasteiger partial charge is 0.411 e. The van der Waals surface area contributed by atoms with Gasteiger partial charge in [-0.25, -0.2) is 9.78 Å². The summed E-state index contributed by atoms with van der Waals surface area (Å²) >= 11 is 1.23. The molecule has 0 aliphatic carbocycles. The van der Waals surface area contributed by atoms with Crippen LogP contribution in [0.3, 0.4) is 0 Å². The summed E-state index contributed by atoms with van der Waals surface area (Å²) in [5.41, 5.74) is 4.19. The third kappa shape index (κ3) is 3.41. The predicted octanol–water partition coefficient (Wildman–Crippen LogP) is 2.13. The van der Waals surface area contributed by atoms with Crippen LogP contribution < -0.4 is 10.5 Å². The van der Waals surface area contributed by atoms with Crippen LogP contribution in [-0.2, 0) is 11.0 Å². The molecule has 0 atom stereocenters.